The van der Waals surface area contributed by atoms with Gasteiger partial charge in [0, 0.05) is 31.1 Å². The van der Waals surface area contributed by atoms with Crippen molar-refractivity contribution in [3.63, 3.8) is 0 Å². The fourth-order valence-electron chi connectivity index (χ4n) is 11.0. The Labute approximate surface area is 387 Å². The molecule has 0 aliphatic carbocycles. The molecule has 4 saturated heterocycles. The average Bonchev–Trinajstić information content (AvgIpc) is 3.87. The Morgan fingerprint density at radius 1 is 0.899 bits per heavy atom. The first-order valence-electron chi connectivity index (χ1n) is 22.1. The maximum Gasteiger partial charge on any atom is 0.435 e. The van der Waals surface area contributed by atoms with Gasteiger partial charge in [-0.15, -0.1) is 6.42 Å². The van der Waals surface area contributed by atoms with Crippen molar-refractivity contribution in [2.45, 2.75) is 125 Å². The standard InChI is InChI=1S/C46H45F11N6O6/c1-6-27-29(47)10-8-23-16-25(67-22-65-5)17-28(33(23)27)36-35(48)37-34-30(58-36)11-13-31-32-12-9-24(63(32)40(64)69-41(2,3)4)19-62(31)38(34)60-39(59-37)66-21-42-14-7-15-61(42)20-26(18-42)68-43(44(49,50)51,45(52,53)54)46(55,56)57/h1,8,10,16-17,24,26,31-32H,7,9,11-15,18-22H2,2-5H3/t24-,26?,31-,32+,42?/m1/s1. The van der Waals surface area contributed by atoms with Gasteiger partial charge in [-0.2, -0.15) is 49.5 Å². The second kappa shape index (κ2) is 16.9. The minimum absolute atomic E-state index is 0.0200. The predicted molar refractivity (Wildman–Crippen MR) is 224 cm³/mol. The van der Waals surface area contributed by atoms with Crippen LogP contribution in [-0.2, 0) is 20.6 Å². The maximum absolute atomic E-state index is 17.8. The number of rotatable bonds is 9. The van der Waals surface area contributed by atoms with Gasteiger partial charge in [-0.3, -0.25) is 9.80 Å². The number of nitrogens with zero attached hydrogens (tertiary/aromatic N) is 6. The molecular weight excluding hydrogens is 942 g/mol. The quantitative estimate of drug-likeness (QED) is 0.0909. The van der Waals surface area contributed by atoms with Crippen molar-refractivity contribution in [1.82, 2.24) is 24.8 Å². The van der Waals surface area contributed by atoms with Crippen LogP contribution in [0.3, 0.4) is 0 Å². The molecule has 7 heterocycles. The van der Waals surface area contributed by atoms with Crippen LogP contribution in [0.5, 0.6) is 11.8 Å². The summed E-state index contributed by atoms with van der Waals surface area (Å²) in [7, 11) is 1.39. The molecule has 5 aliphatic heterocycles. The van der Waals surface area contributed by atoms with Crippen LogP contribution in [-0.4, -0.2) is 130 Å². The van der Waals surface area contributed by atoms with Crippen LogP contribution < -0.4 is 14.4 Å². The second-order valence-corrected chi connectivity index (χ2v) is 19.1. The molecule has 2 aromatic carbocycles. The molecule has 2 unspecified atom stereocenters. The topological polar surface area (TPSA) is 112 Å². The van der Waals surface area contributed by atoms with Crippen LogP contribution in [0.25, 0.3) is 32.9 Å². The highest BCUT2D eigenvalue weighted by molar-refractivity contribution is 6.03. The molecule has 12 nitrogen and oxygen atoms in total. The fourth-order valence-corrected chi connectivity index (χ4v) is 11.0. The van der Waals surface area contributed by atoms with E-state index in [-0.39, 0.29) is 83.4 Å². The molecule has 0 N–H and O–H groups in total. The predicted octanol–water partition coefficient (Wildman–Crippen LogP) is 9.42. The number of benzene rings is 2. The van der Waals surface area contributed by atoms with Crippen LogP contribution in [0.4, 0.5) is 58.9 Å². The summed E-state index contributed by atoms with van der Waals surface area (Å²) in [5.41, 5.74) is -9.25. The molecule has 0 spiro atoms. The van der Waals surface area contributed by atoms with Gasteiger partial charge in [0.15, 0.2) is 12.6 Å². The van der Waals surface area contributed by atoms with Crippen molar-refractivity contribution in [2.75, 3.05) is 45.0 Å². The summed E-state index contributed by atoms with van der Waals surface area (Å²) in [6.45, 7) is 4.00. The Kier molecular flexibility index (Phi) is 11.9. The van der Waals surface area contributed by atoms with Crippen molar-refractivity contribution in [1.29, 1.82) is 0 Å². The molecule has 4 fully saturated rings. The lowest BCUT2D eigenvalue weighted by Gasteiger charge is -2.47. The van der Waals surface area contributed by atoms with Gasteiger partial charge in [0.1, 0.15) is 40.8 Å². The molecule has 1 amide bonds. The number of aryl methyl sites for hydroxylation is 1. The minimum atomic E-state index is -6.92. The smallest absolute Gasteiger partial charge is 0.435 e. The fraction of sp³-hybridized carbons (Fsp3) is 0.565. The molecule has 5 aliphatic rings. The Balaban J connectivity index is 1.16. The second-order valence-electron chi connectivity index (χ2n) is 19.1. The molecule has 372 valence electrons. The zero-order chi connectivity index (χ0) is 49.8. The first-order chi connectivity index (χ1) is 32.3. The van der Waals surface area contributed by atoms with Crippen LogP contribution in [0.15, 0.2) is 24.3 Å². The third-order valence-electron chi connectivity index (χ3n) is 13.7. The summed E-state index contributed by atoms with van der Waals surface area (Å²) in [5, 5.41) is 0.653. The van der Waals surface area contributed by atoms with Crippen LogP contribution >= 0.6 is 0 Å². The number of amides is 1. The van der Waals surface area contributed by atoms with E-state index in [0.717, 1.165) is 6.07 Å². The summed E-state index contributed by atoms with van der Waals surface area (Å²) in [6, 6.07) is 3.82. The van der Waals surface area contributed by atoms with Crippen molar-refractivity contribution in [3.8, 4) is 35.4 Å². The summed E-state index contributed by atoms with van der Waals surface area (Å²) in [6.07, 6.45) is -16.3. The largest absolute Gasteiger partial charge is 0.468 e. The van der Waals surface area contributed by atoms with E-state index >= 15 is 8.78 Å². The van der Waals surface area contributed by atoms with E-state index in [9.17, 15) is 44.3 Å². The number of pyridine rings is 1. The molecule has 0 saturated carbocycles. The number of hydrogen-bond donors (Lipinski definition) is 0. The molecule has 23 heteroatoms. The lowest BCUT2D eigenvalue weighted by Crippen LogP contribution is -2.68. The molecule has 0 radical (unpaired) electrons. The van der Waals surface area contributed by atoms with Crippen LogP contribution in [0.2, 0.25) is 0 Å². The van der Waals surface area contributed by atoms with Gasteiger partial charge in [-0.05, 0) is 95.8 Å². The van der Waals surface area contributed by atoms with E-state index in [1.807, 2.05) is 4.90 Å². The lowest BCUT2D eigenvalue weighted by molar-refractivity contribution is -0.463. The number of methoxy groups -OCH3 is 1. The van der Waals surface area contributed by atoms with E-state index in [4.69, 9.17) is 35.3 Å². The maximum atomic E-state index is 17.8. The molecule has 4 aromatic rings. The highest BCUT2D eigenvalue weighted by Gasteiger charge is 2.86. The van der Waals surface area contributed by atoms with Gasteiger partial charge in [0.25, 0.3) is 0 Å². The number of aromatic nitrogens is 3. The van der Waals surface area contributed by atoms with Crippen LogP contribution in [0, 0.1) is 24.0 Å². The molecule has 2 aromatic heterocycles. The Hall–Kier alpha value is -5.47. The highest BCUT2D eigenvalue weighted by atomic mass is 19.4. The Morgan fingerprint density at radius 3 is 2.29 bits per heavy atom. The van der Waals surface area contributed by atoms with Crippen molar-refractivity contribution < 1.29 is 76.8 Å². The number of fused-ring (bicyclic) bond motifs is 7. The monoisotopic (exact) mass is 986 g/mol. The summed E-state index contributed by atoms with van der Waals surface area (Å²) in [5.74, 6) is 0.867. The van der Waals surface area contributed by atoms with E-state index < -0.39 is 96.8 Å². The number of piperazine rings is 1. The van der Waals surface area contributed by atoms with Gasteiger partial charge in [0.2, 0.25) is 0 Å². The molecule has 5 atom stereocenters. The summed E-state index contributed by atoms with van der Waals surface area (Å²) in [4.78, 5) is 32.9. The molecule has 69 heavy (non-hydrogen) atoms. The van der Waals surface area contributed by atoms with Crippen LogP contribution in [0.1, 0.15) is 70.6 Å². The summed E-state index contributed by atoms with van der Waals surface area (Å²) >= 11 is 0. The number of terminal acetylenes is 1. The van der Waals surface area contributed by atoms with Gasteiger partial charge < -0.3 is 28.6 Å². The van der Waals surface area contributed by atoms with Gasteiger partial charge in [-0.25, -0.2) is 18.6 Å². The van der Waals surface area contributed by atoms with Crippen molar-refractivity contribution >= 4 is 33.6 Å². The SMILES string of the molecule is C#Cc1c(F)ccc2cc(OCOC)cc(-c3nc4c5c(nc(OCC67CCCN6CC(OC(C(F)(F)F)(C(F)(F)F)C(F)(F)F)C7)nc5c3F)N3C[C@H]5CC[C@@H]([C@H]3CC4)N5C(=O)OC(C)(C)C)c12. The number of carbonyl (C=O) groups excluding carboxylic acids is 1. The number of alkyl halides is 9. The van der Waals surface area contributed by atoms with Crippen molar-refractivity contribution in [2.24, 2.45) is 0 Å². The van der Waals surface area contributed by atoms with E-state index in [1.165, 1.54) is 24.1 Å². The van der Waals surface area contributed by atoms with Gasteiger partial charge >= 0.3 is 36.2 Å². The number of anilines is 1. The Bertz CT molecular complexity index is 2700. The number of hydrogen-bond acceptors (Lipinski definition) is 11. The first-order valence-corrected chi connectivity index (χ1v) is 22.1. The number of halogens is 11. The molecule has 9 rings (SSSR count). The van der Waals surface area contributed by atoms with Gasteiger partial charge in [-0.1, -0.05) is 12.0 Å². The van der Waals surface area contributed by atoms with E-state index in [1.54, 1.807) is 31.7 Å². The normalized spacial score (nSPS) is 24.1. The van der Waals surface area contributed by atoms with Gasteiger partial charge in [0.05, 0.1) is 46.4 Å². The zero-order valence-corrected chi connectivity index (χ0v) is 37.5. The molecule has 2 bridgehead atoms. The Morgan fingerprint density at radius 2 is 1.62 bits per heavy atom. The highest BCUT2D eigenvalue weighted by Crippen LogP contribution is 2.57. The zero-order valence-electron chi connectivity index (χ0n) is 37.5. The minimum Gasteiger partial charge on any atom is -0.468 e. The third kappa shape index (κ3) is 8.07. The van der Waals surface area contributed by atoms with E-state index in [2.05, 4.69) is 15.6 Å². The lowest BCUT2D eigenvalue weighted by atomic mass is 9.93. The average molecular weight is 987 g/mol. The van der Waals surface area contributed by atoms with Crippen molar-refractivity contribution in [3.05, 3.63) is 47.2 Å². The summed E-state index contributed by atoms with van der Waals surface area (Å²) < 4.78 is 186. The number of carbonyl (C=O) groups is 1. The first kappa shape index (κ1) is 48.5. The van der Waals surface area contributed by atoms with E-state index in [0.29, 0.717) is 36.8 Å². The molecular formula is C46H45F11N6O6. The number of ether oxygens (including phenoxy) is 5. The third-order valence-corrected chi connectivity index (χ3v) is 13.7.